The van der Waals surface area contributed by atoms with Gasteiger partial charge in [0.25, 0.3) is 0 Å². The lowest BCUT2D eigenvalue weighted by Gasteiger charge is -2.07. The van der Waals surface area contributed by atoms with Crippen LogP contribution in [0.4, 0.5) is 0 Å². The molecule has 0 amide bonds. The predicted octanol–water partition coefficient (Wildman–Crippen LogP) is 4.96. The van der Waals surface area contributed by atoms with E-state index in [1.165, 1.54) is 49.4 Å². The van der Waals surface area contributed by atoms with Crippen LogP contribution >= 0.6 is 0 Å². The zero-order chi connectivity index (χ0) is 16.6. The summed E-state index contributed by atoms with van der Waals surface area (Å²) in [6.45, 7) is 4.84. The van der Waals surface area contributed by atoms with Gasteiger partial charge >= 0.3 is 0 Å². The first-order valence-electron chi connectivity index (χ1n) is 9.16. The average Bonchev–Trinajstić information content (AvgIpc) is 3.04. The number of para-hydroxylation sites is 1. The van der Waals surface area contributed by atoms with Crippen molar-refractivity contribution in [3.05, 3.63) is 36.8 Å². The highest BCUT2D eigenvalue weighted by Gasteiger charge is 2.07. The molecule has 0 N–H and O–H groups in total. The van der Waals surface area contributed by atoms with Crippen molar-refractivity contribution < 1.29 is 4.74 Å². The lowest BCUT2D eigenvalue weighted by Crippen LogP contribution is -1.97. The molecule has 0 radical (unpaired) electrons. The predicted molar refractivity (Wildman–Crippen MR) is 99.2 cm³/mol. The first-order valence-corrected chi connectivity index (χ1v) is 9.16. The van der Waals surface area contributed by atoms with E-state index in [0.29, 0.717) is 0 Å². The lowest BCUT2D eigenvalue weighted by atomic mass is 10.1. The minimum Gasteiger partial charge on any atom is -0.382 e. The van der Waals surface area contributed by atoms with Gasteiger partial charge in [0.05, 0.1) is 23.6 Å². The first-order chi connectivity index (χ1) is 11.9. The summed E-state index contributed by atoms with van der Waals surface area (Å²) in [5, 5.41) is 1.20. The van der Waals surface area contributed by atoms with Crippen LogP contribution in [0, 0.1) is 0 Å². The molecular weight excluding hydrogens is 298 g/mol. The van der Waals surface area contributed by atoms with E-state index in [-0.39, 0.29) is 0 Å². The molecule has 2 aromatic heterocycles. The second-order valence-corrected chi connectivity index (χ2v) is 6.27. The van der Waals surface area contributed by atoms with Crippen LogP contribution in [0.5, 0.6) is 0 Å². The van der Waals surface area contributed by atoms with Crippen LogP contribution in [-0.2, 0) is 11.3 Å². The molecule has 0 atom stereocenters. The van der Waals surface area contributed by atoms with Crippen molar-refractivity contribution in [2.75, 3.05) is 13.2 Å². The molecule has 0 saturated heterocycles. The molecule has 0 spiro atoms. The van der Waals surface area contributed by atoms with E-state index in [9.17, 15) is 0 Å². The molecule has 0 aliphatic carbocycles. The Bertz CT molecular complexity index is 766. The Morgan fingerprint density at radius 1 is 0.917 bits per heavy atom. The minimum absolute atomic E-state index is 0.836. The molecule has 128 valence electrons. The number of aryl methyl sites for hydroxylation is 1. The number of unbranched alkanes of at least 4 members (excludes halogenated alkanes) is 5. The topological polar surface area (TPSA) is 39.9 Å². The van der Waals surface area contributed by atoms with Crippen molar-refractivity contribution in [3.8, 4) is 0 Å². The Kier molecular flexibility index (Phi) is 6.19. The maximum absolute atomic E-state index is 5.37. The molecule has 0 saturated carbocycles. The van der Waals surface area contributed by atoms with Crippen LogP contribution in [0.2, 0.25) is 0 Å². The van der Waals surface area contributed by atoms with Crippen molar-refractivity contribution in [1.29, 1.82) is 0 Å². The van der Waals surface area contributed by atoms with Crippen LogP contribution in [0.3, 0.4) is 0 Å². The average molecular weight is 325 g/mol. The van der Waals surface area contributed by atoms with Crippen LogP contribution in [0.15, 0.2) is 36.8 Å². The molecule has 3 rings (SSSR count). The quantitative estimate of drug-likeness (QED) is 0.495. The third-order valence-corrected chi connectivity index (χ3v) is 4.49. The second-order valence-electron chi connectivity index (χ2n) is 6.27. The zero-order valence-electron chi connectivity index (χ0n) is 14.6. The number of fused-ring (bicyclic) bond motifs is 3. The van der Waals surface area contributed by atoms with Crippen LogP contribution in [0.25, 0.3) is 21.9 Å². The number of aromatic nitrogens is 3. The van der Waals surface area contributed by atoms with Gasteiger partial charge in [-0.05, 0) is 25.8 Å². The largest absolute Gasteiger partial charge is 0.382 e. The number of hydrogen-bond donors (Lipinski definition) is 0. The van der Waals surface area contributed by atoms with Crippen LogP contribution in [0.1, 0.15) is 45.4 Å². The fourth-order valence-corrected chi connectivity index (χ4v) is 3.21. The van der Waals surface area contributed by atoms with E-state index >= 15 is 0 Å². The van der Waals surface area contributed by atoms with Crippen LogP contribution < -0.4 is 0 Å². The molecule has 0 aliphatic rings. The van der Waals surface area contributed by atoms with E-state index < -0.39 is 0 Å². The zero-order valence-corrected chi connectivity index (χ0v) is 14.6. The molecule has 24 heavy (non-hydrogen) atoms. The maximum atomic E-state index is 5.37. The van der Waals surface area contributed by atoms with Crippen molar-refractivity contribution >= 4 is 21.9 Å². The van der Waals surface area contributed by atoms with E-state index in [2.05, 4.69) is 39.7 Å². The smallest absolute Gasteiger partial charge is 0.107 e. The van der Waals surface area contributed by atoms with Crippen molar-refractivity contribution in [1.82, 2.24) is 14.5 Å². The van der Waals surface area contributed by atoms with Gasteiger partial charge in [0, 0.05) is 25.1 Å². The molecular formula is C20H27N3O. The van der Waals surface area contributed by atoms with Crippen molar-refractivity contribution in [2.24, 2.45) is 0 Å². The van der Waals surface area contributed by atoms with Gasteiger partial charge in [-0.15, -0.1) is 0 Å². The van der Waals surface area contributed by atoms with Gasteiger partial charge in [0.15, 0.2) is 0 Å². The first kappa shape index (κ1) is 16.9. The molecule has 0 bridgehead atoms. The molecule has 1 aromatic carbocycles. The Hall–Kier alpha value is -1.94. The fourth-order valence-electron chi connectivity index (χ4n) is 3.21. The molecule has 0 fully saturated rings. The summed E-state index contributed by atoms with van der Waals surface area (Å²) < 4.78 is 7.66. The van der Waals surface area contributed by atoms with Gasteiger partial charge in [0.2, 0.25) is 0 Å². The monoisotopic (exact) mass is 325 g/mol. The van der Waals surface area contributed by atoms with Crippen molar-refractivity contribution in [2.45, 2.75) is 52.0 Å². The molecule has 2 heterocycles. The van der Waals surface area contributed by atoms with Gasteiger partial charge in [-0.3, -0.25) is 4.98 Å². The summed E-state index contributed by atoms with van der Waals surface area (Å²) >= 11 is 0. The highest BCUT2D eigenvalue weighted by atomic mass is 16.5. The van der Waals surface area contributed by atoms with E-state index in [1.54, 1.807) is 0 Å². The van der Waals surface area contributed by atoms with Crippen molar-refractivity contribution in [3.63, 3.8) is 0 Å². The molecule has 4 nitrogen and oxygen atoms in total. The summed E-state index contributed by atoms with van der Waals surface area (Å²) in [6, 6.07) is 8.31. The Labute approximate surface area is 143 Å². The van der Waals surface area contributed by atoms with Gasteiger partial charge in [0.1, 0.15) is 5.52 Å². The fraction of sp³-hybridized carbons (Fsp3) is 0.500. The highest BCUT2D eigenvalue weighted by molar-refractivity contribution is 6.01. The number of benzene rings is 1. The summed E-state index contributed by atoms with van der Waals surface area (Å²) in [5.74, 6) is 0. The third kappa shape index (κ3) is 4.12. The standard InChI is InChI=1S/C20H27N3O/c1-2-24-14-10-6-4-3-5-9-13-23-16-22-19-15-21-18-12-8-7-11-17(18)20(19)23/h7-8,11-12,15-16H,2-6,9-10,13-14H2,1H3. The highest BCUT2D eigenvalue weighted by Crippen LogP contribution is 2.23. The van der Waals surface area contributed by atoms with Crippen LogP contribution in [-0.4, -0.2) is 27.7 Å². The summed E-state index contributed by atoms with van der Waals surface area (Å²) in [4.78, 5) is 9.00. The minimum atomic E-state index is 0.836. The maximum Gasteiger partial charge on any atom is 0.107 e. The van der Waals surface area contributed by atoms with Gasteiger partial charge in [-0.2, -0.15) is 0 Å². The number of rotatable bonds is 10. The molecule has 3 aromatic rings. The summed E-state index contributed by atoms with van der Waals surface area (Å²) in [6.07, 6.45) is 11.4. The normalized spacial score (nSPS) is 11.5. The van der Waals surface area contributed by atoms with Gasteiger partial charge in [-0.1, -0.05) is 43.9 Å². The van der Waals surface area contributed by atoms with Gasteiger partial charge in [-0.25, -0.2) is 4.98 Å². The third-order valence-electron chi connectivity index (χ3n) is 4.49. The SMILES string of the molecule is CCOCCCCCCCCn1cnc2cnc3ccccc3c21. The van der Waals surface area contributed by atoms with E-state index in [1.807, 2.05) is 18.6 Å². The summed E-state index contributed by atoms with van der Waals surface area (Å²) in [5.41, 5.74) is 3.25. The Balaban J connectivity index is 1.50. The molecule has 0 unspecified atom stereocenters. The van der Waals surface area contributed by atoms with Gasteiger partial charge < -0.3 is 9.30 Å². The number of ether oxygens (including phenoxy) is 1. The Morgan fingerprint density at radius 3 is 2.58 bits per heavy atom. The second kappa shape index (κ2) is 8.78. The molecule has 4 heteroatoms. The Morgan fingerprint density at radius 2 is 1.71 bits per heavy atom. The molecule has 0 aliphatic heterocycles. The number of imidazole rings is 1. The van der Waals surface area contributed by atoms with E-state index in [4.69, 9.17) is 4.74 Å². The summed E-state index contributed by atoms with van der Waals surface area (Å²) in [7, 11) is 0. The number of hydrogen-bond acceptors (Lipinski definition) is 3. The van der Waals surface area contributed by atoms with E-state index in [0.717, 1.165) is 30.8 Å². The lowest BCUT2D eigenvalue weighted by molar-refractivity contribution is 0.143. The number of nitrogens with zero attached hydrogens (tertiary/aromatic N) is 3. The number of pyridine rings is 1.